The Labute approximate surface area is 301 Å². The van der Waals surface area contributed by atoms with Crippen LogP contribution in [0.3, 0.4) is 0 Å². The Morgan fingerprint density at radius 1 is 0.481 bits per heavy atom. The van der Waals surface area contributed by atoms with Gasteiger partial charge in [-0.05, 0) is 75.7 Å². The van der Waals surface area contributed by atoms with E-state index in [4.69, 9.17) is 4.42 Å². The Balaban J connectivity index is 1.31. The number of hydrogen-bond donors (Lipinski definition) is 1. The van der Waals surface area contributed by atoms with Crippen LogP contribution in [0.4, 0.5) is 11.4 Å². The van der Waals surface area contributed by atoms with Gasteiger partial charge in [-0.25, -0.2) is 0 Å². The van der Waals surface area contributed by atoms with Crippen molar-refractivity contribution in [2.45, 2.75) is 0 Å². The molecule has 0 spiro atoms. The summed E-state index contributed by atoms with van der Waals surface area (Å²) in [5, 5.41) is 8.51. The van der Waals surface area contributed by atoms with Crippen molar-refractivity contribution in [3.8, 4) is 39.1 Å². The molecule has 8 aromatic carbocycles. The topological polar surface area (TPSA) is 30.1 Å². The number of hydrogen-bond acceptors (Lipinski definition) is 2. The molecule has 1 N–H and O–H groups in total. The SMILES string of the molecule is [B]1c2ccccc2-n2c3ccccc3c3c(-c4ccccc4-c4ccccc4)cc(-c4cc5c(cc4Nc4ccccc4)oc4ccccc45)c1c32. The van der Waals surface area contributed by atoms with E-state index >= 15 is 0 Å². The molecule has 10 aromatic rings. The highest BCUT2D eigenvalue weighted by Crippen LogP contribution is 2.46. The van der Waals surface area contributed by atoms with Gasteiger partial charge in [-0.1, -0.05) is 133 Å². The molecule has 11 rings (SSSR count). The van der Waals surface area contributed by atoms with Crippen molar-refractivity contribution in [3.63, 3.8) is 0 Å². The van der Waals surface area contributed by atoms with Crippen LogP contribution in [0.5, 0.6) is 0 Å². The molecule has 0 unspecified atom stereocenters. The number of nitrogens with one attached hydrogen (secondary N) is 1. The molecule has 0 aliphatic carbocycles. The zero-order valence-corrected chi connectivity index (χ0v) is 28.2. The Morgan fingerprint density at radius 2 is 1.17 bits per heavy atom. The van der Waals surface area contributed by atoms with E-state index in [9.17, 15) is 0 Å². The minimum absolute atomic E-state index is 0.858. The lowest BCUT2D eigenvalue weighted by atomic mass is 9.58. The van der Waals surface area contributed by atoms with Crippen molar-refractivity contribution < 1.29 is 4.42 Å². The third kappa shape index (κ3) is 4.34. The number of benzene rings is 8. The van der Waals surface area contributed by atoms with Gasteiger partial charge in [0, 0.05) is 50.1 Å². The Bertz CT molecular complexity index is 3010. The standard InChI is InChI=1S/C48H30BN2O/c1-3-15-30(16-4-1)32-19-7-8-20-33(32)38-28-39(47-48-46(38)35-22-9-12-24-42(35)51(48)43-25-13-11-23-40(43)49-47)36-27-37-34-21-10-14-26-44(34)52-45(37)29-41(36)50-31-17-5-2-6-18-31/h1-29,50H. The van der Waals surface area contributed by atoms with E-state index in [2.05, 4.69) is 181 Å². The summed E-state index contributed by atoms with van der Waals surface area (Å²) in [6.07, 6.45) is 0. The molecule has 0 amide bonds. The summed E-state index contributed by atoms with van der Waals surface area (Å²) in [5.74, 6) is 0. The smallest absolute Gasteiger partial charge is 0.197 e. The second-order valence-corrected chi connectivity index (χ2v) is 13.6. The van der Waals surface area contributed by atoms with Gasteiger partial charge < -0.3 is 14.3 Å². The minimum atomic E-state index is 0.858. The molecule has 0 bridgehead atoms. The lowest BCUT2D eigenvalue weighted by Gasteiger charge is -2.25. The fourth-order valence-electron chi connectivity index (χ4n) is 8.35. The predicted octanol–water partition coefficient (Wildman–Crippen LogP) is 11.4. The quantitative estimate of drug-likeness (QED) is 0.186. The Morgan fingerprint density at radius 3 is 2.04 bits per heavy atom. The summed E-state index contributed by atoms with van der Waals surface area (Å²) < 4.78 is 8.96. The highest BCUT2D eigenvalue weighted by Gasteiger charge is 2.29. The molecule has 0 atom stereocenters. The fourth-order valence-corrected chi connectivity index (χ4v) is 8.35. The van der Waals surface area contributed by atoms with Crippen LogP contribution in [0.15, 0.2) is 180 Å². The minimum Gasteiger partial charge on any atom is -0.456 e. The maximum absolute atomic E-state index is 6.47. The van der Waals surface area contributed by atoms with Crippen LogP contribution in [0.2, 0.25) is 0 Å². The second-order valence-electron chi connectivity index (χ2n) is 13.6. The van der Waals surface area contributed by atoms with E-state index in [1.165, 1.54) is 60.7 Å². The van der Waals surface area contributed by atoms with Crippen molar-refractivity contribution in [3.05, 3.63) is 176 Å². The number of fused-ring (bicyclic) bond motifs is 8. The zero-order chi connectivity index (χ0) is 34.2. The van der Waals surface area contributed by atoms with E-state index in [1.54, 1.807) is 0 Å². The number of anilines is 2. The third-order valence-electron chi connectivity index (χ3n) is 10.6. The third-order valence-corrected chi connectivity index (χ3v) is 10.6. The predicted molar refractivity (Wildman–Crippen MR) is 219 cm³/mol. The van der Waals surface area contributed by atoms with Crippen LogP contribution in [0.25, 0.3) is 82.8 Å². The molecule has 0 saturated carbocycles. The zero-order valence-electron chi connectivity index (χ0n) is 28.2. The number of para-hydroxylation sites is 4. The second kappa shape index (κ2) is 11.4. The average molecular weight is 662 g/mol. The highest BCUT2D eigenvalue weighted by atomic mass is 16.3. The number of rotatable bonds is 5. The number of furan rings is 1. The largest absolute Gasteiger partial charge is 0.456 e. The lowest BCUT2D eigenvalue weighted by molar-refractivity contribution is 0.669. The van der Waals surface area contributed by atoms with Gasteiger partial charge in [0.1, 0.15) is 11.2 Å². The van der Waals surface area contributed by atoms with Gasteiger partial charge in [0.2, 0.25) is 0 Å². The van der Waals surface area contributed by atoms with Crippen molar-refractivity contribution in [2.24, 2.45) is 0 Å². The molecular weight excluding hydrogens is 631 g/mol. The highest BCUT2D eigenvalue weighted by molar-refractivity contribution is 6.73. The molecule has 4 heteroatoms. The van der Waals surface area contributed by atoms with E-state index < -0.39 is 0 Å². The first kappa shape index (κ1) is 29.0. The normalized spacial score (nSPS) is 12.0. The maximum Gasteiger partial charge on any atom is 0.197 e. The average Bonchev–Trinajstić information content (AvgIpc) is 3.75. The molecule has 2 aromatic heterocycles. The molecule has 0 saturated heterocycles. The van der Waals surface area contributed by atoms with Crippen LogP contribution in [-0.2, 0) is 0 Å². The molecule has 241 valence electrons. The van der Waals surface area contributed by atoms with Crippen LogP contribution >= 0.6 is 0 Å². The van der Waals surface area contributed by atoms with E-state index in [0.29, 0.717) is 0 Å². The fraction of sp³-hybridized carbons (Fsp3) is 0. The first-order valence-corrected chi connectivity index (χ1v) is 17.8. The molecular formula is C48H30BN2O. The lowest BCUT2D eigenvalue weighted by Crippen LogP contribution is -2.37. The van der Waals surface area contributed by atoms with Crippen molar-refractivity contribution in [1.82, 2.24) is 4.57 Å². The molecule has 3 heterocycles. The maximum atomic E-state index is 6.47. The van der Waals surface area contributed by atoms with Crippen molar-refractivity contribution >= 4 is 73.3 Å². The van der Waals surface area contributed by atoms with Crippen LogP contribution in [-0.4, -0.2) is 11.8 Å². The van der Waals surface area contributed by atoms with Crippen LogP contribution in [0, 0.1) is 0 Å². The Kier molecular flexibility index (Phi) is 6.35. The van der Waals surface area contributed by atoms with E-state index in [-0.39, 0.29) is 0 Å². The summed E-state index contributed by atoms with van der Waals surface area (Å²) in [6, 6.07) is 62.9. The number of aromatic nitrogens is 1. The summed E-state index contributed by atoms with van der Waals surface area (Å²) in [5.41, 5.74) is 16.9. The van der Waals surface area contributed by atoms with Gasteiger partial charge in [-0.2, -0.15) is 0 Å². The molecule has 1 aliphatic rings. The molecule has 3 nitrogen and oxygen atoms in total. The van der Waals surface area contributed by atoms with Gasteiger partial charge in [-0.3, -0.25) is 0 Å². The van der Waals surface area contributed by atoms with Crippen LogP contribution < -0.4 is 16.2 Å². The Hall–Kier alpha value is -6.78. The van der Waals surface area contributed by atoms with Gasteiger partial charge in [-0.15, -0.1) is 0 Å². The first-order valence-electron chi connectivity index (χ1n) is 17.8. The molecule has 52 heavy (non-hydrogen) atoms. The molecule has 1 radical (unpaired) electrons. The van der Waals surface area contributed by atoms with Gasteiger partial charge in [0.15, 0.2) is 7.28 Å². The van der Waals surface area contributed by atoms with E-state index in [0.717, 1.165) is 44.4 Å². The molecule has 0 fully saturated rings. The molecule has 1 aliphatic heterocycles. The monoisotopic (exact) mass is 661 g/mol. The summed E-state index contributed by atoms with van der Waals surface area (Å²) in [4.78, 5) is 0. The summed E-state index contributed by atoms with van der Waals surface area (Å²) >= 11 is 0. The van der Waals surface area contributed by atoms with Gasteiger partial charge >= 0.3 is 0 Å². The van der Waals surface area contributed by atoms with Crippen LogP contribution in [0.1, 0.15) is 0 Å². The van der Waals surface area contributed by atoms with E-state index in [1.807, 2.05) is 12.1 Å². The number of nitrogens with zero attached hydrogens (tertiary/aromatic N) is 1. The van der Waals surface area contributed by atoms with Crippen molar-refractivity contribution in [2.75, 3.05) is 5.32 Å². The summed E-state index contributed by atoms with van der Waals surface area (Å²) in [7, 11) is 2.39. The first-order chi connectivity index (χ1) is 25.8. The van der Waals surface area contributed by atoms with Gasteiger partial charge in [0.25, 0.3) is 0 Å². The van der Waals surface area contributed by atoms with Gasteiger partial charge in [0.05, 0.1) is 11.2 Å². The summed E-state index contributed by atoms with van der Waals surface area (Å²) in [6.45, 7) is 0. The van der Waals surface area contributed by atoms with Crippen molar-refractivity contribution in [1.29, 1.82) is 0 Å².